The molecule has 0 atom stereocenters. The number of rotatable bonds is 6. The Morgan fingerprint density at radius 1 is 1.65 bits per heavy atom. The maximum Gasteiger partial charge on any atom is 0.266 e. The van der Waals surface area contributed by atoms with Crippen LogP contribution in [0.25, 0.3) is 0 Å². The summed E-state index contributed by atoms with van der Waals surface area (Å²) in [6, 6.07) is 1.34. The summed E-state index contributed by atoms with van der Waals surface area (Å²) in [5.74, 6) is 0.427. The predicted molar refractivity (Wildman–Crippen MR) is 61.2 cm³/mol. The van der Waals surface area contributed by atoms with Crippen molar-refractivity contribution in [1.82, 2.24) is 9.97 Å². The molecule has 1 N–H and O–H groups in total. The van der Waals surface area contributed by atoms with Crippen LogP contribution in [0.5, 0.6) is 0 Å². The molecule has 0 aliphatic carbocycles. The number of hydrogen-bond donors (Lipinski definition) is 1. The Bertz CT molecular complexity index is 444. The van der Waals surface area contributed by atoms with Crippen LogP contribution in [0.2, 0.25) is 0 Å². The first-order valence-corrected chi connectivity index (χ1v) is 5.83. The number of aromatic nitrogens is 2. The van der Waals surface area contributed by atoms with Gasteiger partial charge < -0.3 is 9.72 Å². The molecule has 0 spiro atoms. The highest BCUT2D eigenvalue weighted by Crippen LogP contribution is 2.14. The van der Waals surface area contributed by atoms with Crippen LogP contribution in [-0.2, 0) is 11.3 Å². The van der Waals surface area contributed by atoms with E-state index < -0.39 is 6.08 Å². The third kappa shape index (κ3) is 5.60. The van der Waals surface area contributed by atoms with E-state index in [0.717, 1.165) is 6.08 Å². The molecule has 0 saturated carbocycles. The van der Waals surface area contributed by atoms with Gasteiger partial charge >= 0.3 is 0 Å². The summed E-state index contributed by atoms with van der Waals surface area (Å²) >= 11 is 1.22. The van der Waals surface area contributed by atoms with E-state index in [0.29, 0.717) is 16.6 Å². The van der Waals surface area contributed by atoms with Crippen molar-refractivity contribution < 1.29 is 13.5 Å². The Hall–Kier alpha value is -1.21. The summed E-state index contributed by atoms with van der Waals surface area (Å²) in [4.78, 5) is 17.9. The molecule has 0 unspecified atom stereocenters. The molecule has 0 fully saturated rings. The molecule has 1 aromatic rings. The van der Waals surface area contributed by atoms with Gasteiger partial charge in [-0.1, -0.05) is 11.8 Å². The summed E-state index contributed by atoms with van der Waals surface area (Å²) in [6.45, 7) is 0.247. The highest BCUT2D eigenvalue weighted by molar-refractivity contribution is 7.99. The zero-order valence-electron chi connectivity index (χ0n) is 9.20. The molecular formula is C10H12F2N2O2S. The maximum atomic E-state index is 11.8. The SMILES string of the molecule is COCc1cc(=O)[nH]c(SCCC=C(F)F)n1. The molecule has 0 amide bonds. The smallest absolute Gasteiger partial charge is 0.266 e. The first-order valence-electron chi connectivity index (χ1n) is 4.85. The van der Waals surface area contributed by atoms with Crippen LogP contribution >= 0.6 is 11.8 Å². The van der Waals surface area contributed by atoms with Gasteiger partial charge in [0.25, 0.3) is 11.6 Å². The number of hydrogen-bond acceptors (Lipinski definition) is 4. The molecular weight excluding hydrogens is 250 g/mol. The lowest BCUT2D eigenvalue weighted by Gasteiger charge is -2.02. The summed E-state index contributed by atoms with van der Waals surface area (Å²) in [5.41, 5.74) is 0.243. The van der Waals surface area contributed by atoms with Crippen molar-refractivity contribution in [3.63, 3.8) is 0 Å². The normalized spacial score (nSPS) is 10.3. The minimum atomic E-state index is -1.69. The van der Waals surface area contributed by atoms with E-state index in [4.69, 9.17) is 4.74 Å². The van der Waals surface area contributed by atoms with E-state index >= 15 is 0 Å². The highest BCUT2D eigenvalue weighted by Gasteiger charge is 2.01. The number of ether oxygens (including phenoxy) is 1. The maximum absolute atomic E-state index is 11.8. The number of aromatic amines is 1. The molecule has 0 aliphatic rings. The lowest BCUT2D eigenvalue weighted by molar-refractivity contribution is 0.180. The number of halogens is 2. The van der Waals surface area contributed by atoms with Crippen LogP contribution in [0.15, 0.2) is 28.2 Å². The zero-order valence-corrected chi connectivity index (χ0v) is 10.0. The van der Waals surface area contributed by atoms with E-state index in [1.807, 2.05) is 0 Å². The van der Waals surface area contributed by atoms with Crippen molar-refractivity contribution in [2.24, 2.45) is 0 Å². The second-order valence-corrected chi connectivity index (χ2v) is 4.19. The average molecular weight is 262 g/mol. The van der Waals surface area contributed by atoms with Gasteiger partial charge in [0, 0.05) is 18.9 Å². The fourth-order valence-corrected chi connectivity index (χ4v) is 1.88. The topological polar surface area (TPSA) is 55.0 Å². The first-order chi connectivity index (χ1) is 8.11. The number of H-pyrrole nitrogens is 1. The van der Waals surface area contributed by atoms with E-state index in [9.17, 15) is 13.6 Å². The van der Waals surface area contributed by atoms with E-state index in [2.05, 4.69) is 9.97 Å². The van der Waals surface area contributed by atoms with Crippen molar-refractivity contribution in [3.05, 3.63) is 34.3 Å². The van der Waals surface area contributed by atoms with Gasteiger partial charge in [0.05, 0.1) is 12.3 Å². The van der Waals surface area contributed by atoms with Crippen molar-refractivity contribution >= 4 is 11.8 Å². The molecule has 17 heavy (non-hydrogen) atoms. The molecule has 0 radical (unpaired) electrons. The van der Waals surface area contributed by atoms with Gasteiger partial charge in [0.15, 0.2) is 5.16 Å². The Balaban J connectivity index is 2.58. The number of thioether (sulfide) groups is 1. The molecule has 1 rings (SSSR count). The van der Waals surface area contributed by atoms with Crippen LogP contribution in [0.1, 0.15) is 12.1 Å². The van der Waals surface area contributed by atoms with E-state index in [-0.39, 0.29) is 18.6 Å². The number of allylic oxidation sites excluding steroid dienone is 1. The minimum Gasteiger partial charge on any atom is -0.378 e. The lowest BCUT2D eigenvalue weighted by Crippen LogP contribution is -2.10. The van der Waals surface area contributed by atoms with Crippen LogP contribution in [0.3, 0.4) is 0 Å². The summed E-state index contributed by atoms with van der Waals surface area (Å²) < 4.78 is 28.4. The van der Waals surface area contributed by atoms with E-state index in [1.54, 1.807) is 0 Å². The fraction of sp³-hybridized carbons (Fsp3) is 0.400. The lowest BCUT2D eigenvalue weighted by atomic mass is 10.4. The summed E-state index contributed by atoms with van der Waals surface area (Å²) in [6.07, 6.45) is -0.629. The van der Waals surface area contributed by atoms with Crippen LogP contribution < -0.4 is 5.56 Å². The second kappa shape index (κ2) is 7.18. The fourth-order valence-electron chi connectivity index (χ4n) is 1.10. The van der Waals surface area contributed by atoms with Crippen molar-refractivity contribution in [2.75, 3.05) is 12.9 Å². The van der Waals surface area contributed by atoms with Gasteiger partial charge in [-0.3, -0.25) is 4.79 Å². The molecule has 1 heterocycles. The standard InChI is InChI=1S/C10H12F2N2O2S/c1-16-6-7-5-9(15)14-10(13-7)17-4-2-3-8(11)12/h3,5H,2,4,6H2,1H3,(H,13,14,15). The van der Waals surface area contributed by atoms with Gasteiger partial charge in [0.2, 0.25) is 0 Å². The van der Waals surface area contributed by atoms with Crippen LogP contribution in [0.4, 0.5) is 8.78 Å². The van der Waals surface area contributed by atoms with Gasteiger partial charge in [0.1, 0.15) is 0 Å². The van der Waals surface area contributed by atoms with Gasteiger partial charge in [-0.2, -0.15) is 8.78 Å². The quantitative estimate of drug-likeness (QED) is 0.485. The number of nitrogens with zero attached hydrogens (tertiary/aromatic N) is 1. The highest BCUT2D eigenvalue weighted by atomic mass is 32.2. The molecule has 1 aromatic heterocycles. The number of methoxy groups -OCH3 is 1. The van der Waals surface area contributed by atoms with Gasteiger partial charge in [-0.25, -0.2) is 4.98 Å². The summed E-state index contributed by atoms with van der Waals surface area (Å²) in [5, 5.41) is 0.414. The van der Waals surface area contributed by atoms with Gasteiger partial charge in [-0.05, 0) is 12.5 Å². The second-order valence-electron chi connectivity index (χ2n) is 3.11. The number of nitrogens with one attached hydrogen (secondary N) is 1. The zero-order chi connectivity index (χ0) is 12.7. The molecule has 0 aromatic carbocycles. The third-order valence-electron chi connectivity index (χ3n) is 1.72. The minimum absolute atomic E-state index is 0.227. The monoisotopic (exact) mass is 262 g/mol. The summed E-state index contributed by atoms with van der Waals surface area (Å²) in [7, 11) is 1.50. The first kappa shape index (κ1) is 13.9. The Morgan fingerprint density at radius 3 is 3.06 bits per heavy atom. The van der Waals surface area contributed by atoms with Crippen LogP contribution in [-0.4, -0.2) is 22.8 Å². The van der Waals surface area contributed by atoms with Crippen LogP contribution in [0, 0.1) is 0 Å². The Labute approximate surface area is 101 Å². The van der Waals surface area contributed by atoms with Gasteiger partial charge in [-0.15, -0.1) is 0 Å². The molecule has 7 heteroatoms. The van der Waals surface area contributed by atoms with E-state index in [1.165, 1.54) is 24.9 Å². The van der Waals surface area contributed by atoms with Crippen molar-refractivity contribution in [3.8, 4) is 0 Å². The molecule has 0 aliphatic heterocycles. The average Bonchev–Trinajstić information content (AvgIpc) is 2.24. The molecule has 4 nitrogen and oxygen atoms in total. The van der Waals surface area contributed by atoms with Crippen molar-refractivity contribution in [2.45, 2.75) is 18.2 Å². The van der Waals surface area contributed by atoms with Crippen molar-refractivity contribution in [1.29, 1.82) is 0 Å². The molecule has 0 saturated heterocycles. The Morgan fingerprint density at radius 2 is 2.41 bits per heavy atom. The third-order valence-corrected chi connectivity index (χ3v) is 2.63. The Kier molecular flexibility index (Phi) is 5.85. The molecule has 0 bridgehead atoms. The predicted octanol–water partition coefficient (Wildman–Crippen LogP) is 2.18. The largest absolute Gasteiger partial charge is 0.378 e. The molecule has 94 valence electrons.